The van der Waals surface area contributed by atoms with Crippen LogP contribution in [0.15, 0.2) is 42.6 Å². The fraction of sp³-hybridized carbons (Fsp3) is 0.143. The number of aryl methyl sites for hydroxylation is 1. The van der Waals surface area contributed by atoms with Crippen LogP contribution < -0.4 is 4.31 Å². The minimum absolute atomic E-state index is 0.213. The normalized spacial score (nSPS) is 11.1. The highest BCUT2D eigenvalue weighted by Gasteiger charge is 2.22. The van der Waals surface area contributed by atoms with Gasteiger partial charge in [0, 0.05) is 6.20 Å². The smallest absolute Gasteiger partial charge is 0.354 e. The van der Waals surface area contributed by atoms with Crippen molar-refractivity contribution >= 4 is 27.4 Å². The number of hydrogen-bond acceptors (Lipinski definition) is 4. The summed E-state index contributed by atoms with van der Waals surface area (Å²) >= 11 is 0. The van der Waals surface area contributed by atoms with Crippen LogP contribution in [0, 0.1) is 6.92 Å². The van der Waals surface area contributed by atoms with E-state index >= 15 is 0 Å². The zero-order valence-corrected chi connectivity index (χ0v) is 12.3. The van der Waals surface area contributed by atoms with Crippen LogP contribution in [0.5, 0.6) is 0 Å². The zero-order valence-electron chi connectivity index (χ0n) is 11.5. The zero-order chi connectivity index (χ0) is 15.6. The van der Waals surface area contributed by atoms with Crippen LogP contribution in [0.4, 0.5) is 11.4 Å². The summed E-state index contributed by atoms with van der Waals surface area (Å²) in [6.07, 6.45) is 2.34. The minimum atomic E-state index is -3.62. The van der Waals surface area contributed by atoms with E-state index < -0.39 is 16.0 Å². The first-order valence-corrected chi connectivity index (χ1v) is 7.91. The van der Waals surface area contributed by atoms with Crippen molar-refractivity contribution in [3.63, 3.8) is 0 Å². The molecule has 21 heavy (non-hydrogen) atoms. The molecular weight excluding hydrogens is 292 g/mol. The molecule has 0 saturated heterocycles. The van der Waals surface area contributed by atoms with Crippen molar-refractivity contribution in [3.8, 4) is 0 Å². The molecule has 6 nitrogen and oxygen atoms in total. The SMILES string of the molecule is Cc1ccccc1N(c1ccnc(C(=O)O)c1)S(C)(=O)=O. The highest BCUT2D eigenvalue weighted by Crippen LogP contribution is 2.30. The molecular formula is C14H14N2O4S. The largest absolute Gasteiger partial charge is 0.477 e. The second kappa shape index (κ2) is 5.53. The summed E-state index contributed by atoms with van der Waals surface area (Å²) in [5, 5.41) is 8.99. The molecule has 1 N–H and O–H groups in total. The molecule has 7 heteroatoms. The minimum Gasteiger partial charge on any atom is -0.477 e. The summed E-state index contributed by atoms with van der Waals surface area (Å²) in [6, 6.07) is 9.66. The summed E-state index contributed by atoms with van der Waals surface area (Å²) in [5.41, 5.74) is 1.26. The Labute approximate surface area is 122 Å². The van der Waals surface area contributed by atoms with Gasteiger partial charge < -0.3 is 5.11 Å². The molecule has 0 atom stereocenters. The van der Waals surface area contributed by atoms with E-state index in [4.69, 9.17) is 5.11 Å². The van der Waals surface area contributed by atoms with Crippen molar-refractivity contribution in [2.45, 2.75) is 6.92 Å². The predicted molar refractivity (Wildman–Crippen MR) is 79.4 cm³/mol. The molecule has 0 radical (unpaired) electrons. The molecule has 1 aromatic carbocycles. The summed E-state index contributed by atoms with van der Waals surface area (Å²) < 4.78 is 25.4. The number of hydrogen-bond donors (Lipinski definition) is 1. The van der Waals surface area contributed by atoms with Crippen molar-refractivity contribution < 1.29 is 18.3 Å². The Balaban J connectivity index is 2.66. The lowest BCUT2D eigenvalue weighted by Gasteiger charge is -2.24. The summed E-state index contributed by atoms with van der Waals surface area (Å²) in [5.74, 6) is -1.21. The number of benzene rings is 1. The van der Waals surface area contributed by atoms with Crippen LogP contribution in [0.2, 0.25) is 0 Å². The van der Waals surface area contributed by atoms with Crippen molar-refractivity contribution in [2.24, 2.45) is 0 Å². The fourth-order valence-corrected chi connectivity index (χ4v) is 3.02. The van der Waals surface area contributed by atoms with Crippen molar-refractivity contribution in [3.05, 3.63) is 53.9 Å². The molecule has 0 bridgehead atoms. The predicted octanol–water partition coefficient (Wildman–Crippen LogP) is 2.19. The van der Waals surface area contributed by atoms with Gasteiger partial charge in [-0.05, 0) is 30.7 Å². The topological polar surface area (TPSA) is 87.6 Å². The third kappa shape index (κ3) is 3.19. The average Bonchev–Trinajstić information content (AvgIpc) is 2.40. The van der Waals surface area contributed by atoms with Gasteiger partial charge >= 0.3 is 5.97 Å². The second-order valence-electron chi connectivity index (χ2n) is 4.52. The first-order valence-electron chi connectivity index (χ1n) is 6.06. The maximum Gasteiger partial charge on any atom is 0.354 e. The molecule has 1 heterocycles. The molecule has 0 amide bonds. The Kier molecular flexibility index (Phi) is 3.95. The summed E-state index contributed by atoms with van der Waals surface area (Å²) in [4.78, 5) is 14.7. The van der Waals surface area contributed by atoms with Crippen molar-refractivity contribution in [2.75, 3.05) is 10.6 Å². The highest BCUT2D eigenvalue weighted by atomic mass is 32.2. The third-order valence-corrected chi connectivity index (χ3v) is 3.93. The lowest BCUT2D eigenvalue weighted by Crippen LogP contribution is -2.25. The number of anilines is 2. The standard InChI is InChI=1S/C14H14N2O4S/c1-10-5-3-4-6-13(10)16(21(2,19)20)11-7-8-15-12(9-11)14(17)18/h3-9H,1-2H3,(H,17,18). The molecule has 110 valence electrons. The number of para-hydroxylation sites is 1. The van der Waals surface area contributed by atoms with E-state index in [-0.39, 0.29) is 11.4 Å². The van der Waals surface area contributed by atoms with Crippen LogP contribution in [0.3, 0.4) is 0 Å². The number of sulfonamides is 1. The van der Waals surface area contributed by atoms with Crippen molar-refractivity contribution in [1.82, 2.24) is 4.98 Å². The second-order valence-corrected chi connectivity index (χ2v) is 6.35. The molecule has 0 fully saturated rings. The number of aromatic carboxylic acids is 1. The lowest BCUT2D eigenvalue weighted by atomic mass is 10.2. The van der Waals surface area contributed by atoms with Gasteiger partial charge in [0.15, 0.2) is 0 Å². The van der Waals surface area contributed by atoms with E-state index in [9.17, 15) is 13.2 Å². The van der Waals surface area contributed by atoms with Gasteiger partial charge in [0.05, 0.1) is 17.6 Å². The Morgan fingerprint density at radius 2 is 1.90 bits per heavy atom. The number of carboxylic acid groups (broad SMARTS) is 1. The first-order chi connectivity index (χ1) is 9.80. The van der Waals surface area contributed by atoms with Crippen LogP contribution in [-0.2, 0) is 10.0 Å². The number of nitrogens with zero attached hydrogens (tertiary/aromatic N) is 2. The Bertz CT molecular complexity index is 787. The Morgan fingerprint density at radius 1 is 1.24 bits per heavy atom. The molecule has 0 saturated carbocycles. The number of aromatic nitrogens is 1. The molecule has 2 rings (SSSR count). The van der Waals surface area contributed by atoms with E-state index in [1.807, 2.05) is 0 Å². The number of carbonyl (C=O) groups is 1. The number of rotatable bonds is 4. The van der Waals surface area contributed by atoms with Gasteiger partial charge in [0.1, 0.15) is 5.69 Å². The van der Waals surface area contributed by atoms with Crippen molar-refractivity contribution in [1.29, 1.82) is 0 Å². The Hall–Kier alpha value is -2.41. The molecule has 1 aromatic heterocycles. The van der Waals surface area contributed by atoms with Gasteiger partial charge in [-0.3, -0.25) is 0 Å². The number of pyridine rings is 1. The molecule has 0 unspecified atom stereocenters. The maximum absolute atomic E-state index is 12.1. The molecule has 2 aromatic rings. The van der Waals surface area contributed by atoms with Gasteiger partial charge in [0.25, 0.3) is 0 Å². The molecule has 0 spiro atoms. The third-order valence-electron chi connectivity index (χ3n) is 2.86. The lowest BCUT2D eigenvalue weighted by molar-refractivity contribution is 0.0690. The van der Waals surface area contributed by atoms with Crippen LogP contribution in [0.1, 0.15) is 16.1 Å². The molecule has 0 aliphatic carbocycles. The Morgan fingerprint density at radius 3 is 2.48 bits per heavy atom. The summed E-state index contributed by atoms with van der Waals surface area (Å²) in [6.45, 7) is 1.78. The fourth-order valence-electron chi connectivity index (χ4n) is 1.96. The quantitative estimate of drug-likeness (QED) is 0.935. The molecule has 0 aliphatic rings. The van der Waals surface area contributed by atoms with E-state index in [0.29, 0.717) is 5.69 Å². The van der Waals surface area contributed by atoms with Gasteiger partial charge in [-0.25, -0.2) is 22.5 Å². The van der Waals surface area contributed by atoms with Crippen LogP contribution in [-0.4, -0.2) is 30.7 Å². The van der Waals surface area contributed by atoms with Gasteiger partial charge in [-0.1, -0.05) is 18.2 Å². The number of carboxylic acids is 1. The van der Waals surface area contributed by atoms with Crippen LogP contribution >= 0.6 is 0 Å². The van der Waals surface area contributed by atoms with Gasteiger partial charge in [0.2, 0.25) is 10.0 Å². The van der Waals surface area contributed by atoms with Crippen LogP contribution in [0.25, 0.3) is 0 Å². The maximum atomic E-state index is 12.1. The van der Waals surface area contributed by atoms with Gasteiger partial charge in [-0.2, -0.15) is 0 Å². The van der Waals surface area contributed by atoms with E-state index in [1.54, 1.807) is 31.2 Å². The summed E-state index contributed by atoms with van der Waals surface area (Å²) in [7, 11) is -3.62. The highest BCUT2D eigenvalue weighted by molar-refractivity contribution is 7.92. The van der Waals surface area contributed by atoms with E-state index in [1.165, 1.54) is 18.3 Å². The van der Waals surface area contributed by atoms with Gasteiger partial charge in [-0.15, -0.1) is 0 Å². The monoisotopic (exact) mass is 306 g/mol. The van der Waals surface area contributed by atoms with E-state index in [2.05, 4.69) is 4.98 Å². The van der Waals surface area contributed by atoms with E-state index in [0.717, 1.165) is 16.1 Å². The molecule has 0 aliphatic heterocycles. The average molecular weight is 306 g/mol. The first kappa shape index (κ1) is 15.0.